The molecule has 1 aromatic rings. The molecule has 3 amide bonds. The maximum Gasteiger partial charge on any atom is 0.253 e. The molecule has 1 N–H and O–H groups in total. The van der Waals surface area contributed by atoms with E-state index >= 15 is 0 Å². The van der Waals surface area contributed by atoms with Gasteiger partial charge < -0.3 is 24.5 Å². The van der Waals surface area contributed by atoms with E-state index in [9.17, 15) is 19.5 Å². The van der Waals surface area contributed by atoms with E-state index in [-0.39, 0.29) is 36.8 Å². The molecule has 3 saturated heterocycles. The van der Waals surface area contributed by atoms with Crippen LogP contribution in [0.1, 0.15) is 59.3 Å². The Labute approximate surface area is 255 Å². The van der Waals surface area contributed by atoms with Gasteiger partial charge in [0.05, 0.1) is 17.4 Å². The minimum absolute atomic E-state index is 0.0362. The van der Waals surface area contributed by atoms with Gasteiger partial charge in [0.2, 0.25) is 11.8 Å². The molecule has 230 valence electrons. The molecule has 0 saturated carbocycles. The zero-order valence-electron chi connectivity index (χ0n) is 25.3. The predicted octanol–water partition coefficient (Wildman–Crippen LogP) is 4.85. The van der Waals surface area contributed by atoms with Crippen LogP contribution in [0.15, 0.2) is 49.6 Å². The van der Waals surface area contributed by atoms with Crippen molar-refractivity contribution in [3.63, 3.8) is 0 Å². The number of fused-ring (bicyclic) bond motifs is 1. The number of amides is 3. The van der Waals surface area contributed by atoms with Crippen molar-refractivity contribution in [2.24, 2.45) is 17.8 Å². The van der Waals surface area contributed by atoms with Gasteiger partial charge in [-0.15, -0.1) is 13.2 Å². The lowest BCUT2D eigenvalue weighted by molar-refractivity contribution is -0.151. The van der Waals surface area contributed by atoms with Gasteiger partial charge in [0, 0.05) is 43.5 Å². The van der Waals surface area contributed by atoms with E-state index < -0.39 is 29.1 Å². The summed E-state index contributed by atoms with van der Waals surface area (Å²) in [4.78, 5) is 48.5. The Balaban J connectivity index is 1.78. The fourth-order valence-electron chi connectivity index (χ4n) is 7.52. The fourth-order valence-corrected chi connectivity index (χ4v) is 7.64. The molecule has 3 unspecified atom stereocenters. The second-order valence-corrected chi connectivity index (χ2v) is 12.6. The number of anilines is 1. The average molecular weight is 600 g/mol. The van der Waals surface area contributed by atoms with E-state index in [0.717, 1.165) is 19.3 Å². The summed E-state index contributed by atoms with van der Waals surface area (Å²) in [6, 6.07) is 6.16. The number of carbonyl (C=O) groups is 3. The van der Waals surface area contributed by atoms with Crippen molar-refractivity contribution in [3.8, 4) is 0 Å². The maximum atomic E-state index is 14.7. The molecule has 1 aromatic carbocycles. The standard InChI is InChI=1S/C33H46ClN3O5/c1-6-17-35(18-7-2)29(39)26-27-30(40)37(20-11-9-10-12-21-38)28(33(27)22-23(4)32(26,5)42-33)31(41)36(19-8-3)25-15-13-24(34)14-16-25/h6,8,13-16,23,26-28,38H,1,3,7,9-12,17-22H2,2,4-5H3/t23?,26-,27-,28?,32+,33?/m0/s1. The number of halogens is 1. The van der Waals surface area contributed by atoms with Crippen LogP contribution in [0, 0.1) is 17.8 Å². The minimum Gasteiger partial charge on any atom is -0.396 e. The Kier molecular flexibility index (Phi) is 10.2. The topological polar surface area (TPSA) is 90.4 Å². The third-order valence-corrected chi connectivity index (χ3v) is 9.74. The Morgan fingerprint density at radius 3 is 2.40 bits per heavy atom. The molecule has 4 rings (SSSR count). The van der Waals surface area contributed by atoms with Crippen molar-refractivity contribution in [2.45, 2.75) is 76.5 Å². The van der Waals surface area contributed by atoms with Gasteiger partial charge in [0.25, 0.3) is 5.91 Å². The molecular formula is C33H46ClN3O5. The van der Waals surface area contributed by atoms with Crippen LogP contribution >= 0.6 is 11.6 Å². The highest BCUT2D eigenvalue weighted by molar-refractivity contribution is 6.30. The fraction of sp³-hybridized carbons (Fsp3) is 0.606. The van der Waals surface area contributed by atoms with Crippen LogP contribution in [0.4, 0.5) is 5.69 Å². The summed E-state index contributed by atoms with van der Waals surface area (Å²) in [5.41, 5.74) is -1.34. The number of aliphatic hydroxyl groups is 1. The summed E-state index contributed by atoms with van der Waals surface area (Å²) in [7, 11) is 0. The first kappa shape index (κ1) is 32.2. The van der Waals surface area contributed by atoms with Gasteiger partial charge >= 0.3 is 0 Å². The zero-order valence-corrected chi connectivity index (χ0v) is 26.0. The summed E-state index contributed by atoms with van der Waals surface area (Å²) in [6.07, 6.45) is 7.70. The van der Waals surface area contributed by atoms with Crippen molar-refractivity contribution in [3.05, 3.63) is 54.6 Å². The smallest absolute Gasteiger partial charge is 0.253 e. The number of hydrogen-bond acceptors (Lipinski definition) is 5. The third kappa shape index (κ3) is 5.53. The van der Waals surface area contributed by atoms with Gasteiger partial charge in [-0.1, -0.05) is 50.4 Å². The largest absolute Gasteiger partial charge is 0.396 e. The quantitative estimate of drug-likeness (QED) is 0.230. The molecule has 8 nitrogen and oxygen atoms in total. The van der Waals surface area contributed by atoms with Crippen LogP contribution in [-0.4, -0.2) is 82.7 Å². The number of carbonyl (C=O) groups excluding carboxylic acids is 3. The number of likely N-dealkylation sites (tertiary alicyclic amines) is 1. The van der Waals surface area contributed by atoms with Gasteiger partial charge in [-0.3, -0.25) is 14.4 Å². The van der Waals surface area contributed by atoms with Gasteiger partial charge in [-0.25, -0.2) is 0 Å². The minimum atomic E-state index is -1.12. The van der Waals surface area contributed by atoms with E-state index in [1.807, 2.05) is 13.8 Å². The molecule has 3 aliphatic heterocycles. The van der Waals surface area contributed by atoms with Crippen molar-refractivity contribution in [2.75, 3.05) is 37.7 Å². The van der Waals surface area contributed by atoms with Crippen LogP contribution in [0.2, 0.25) is 5.02 Å². The molecule has 0 aromatic heterocycles. The van der Waals surface area contributed by atoms with E-state index in [4.69, 9.17) is 16.3 Å². The first-order chi connectivity index (χ1) is 20.1. The van der Waals surface area contributed by atoms with Crippen LogP contribution in [-0.2, 0) is 19.1 Å². The molecule has 3 heterocycles. The molecule has 2 bridgehead atoms. The van der Waals surface area contributed by atoms with Crippen LogP contribution in [0.5, 0.6) is 0 Å². The van der Waals surface area contributed by atoms with Crippen LogP contribution in [0.25, 0.3) is 0 Å². The Morgan fingerprint density at radius 2 is 1.79 bits per heavy atom. The number of benzene rings is 1. The van der Waals surface area contributed by atoms with Gasteiger partial charge in [0.1, 0.15) is 11.6 Å². The molecule has 3 aliphatic rings. The highest BCUT2D eigenvalue weighted by atomic mass is 35.5. The van der Waals surface area contributed by atoms with Gasteiger partial charge in [-0.2, -0.15) is 0 Å². The first-order valence-electron chi connectivity index (χ1n) is 15.3. The van der Waals surface area contributed by atoms with Crippen molar-refractivity contribution < 1.29 is 24.2 Å². The third-order valence-electron chi connectivity index (χ3n) is 9.49. The molecule has 3 fully saturated rings. The second-order valence-electron chi connectivity index (χ2n) is 12.2. The second kappa shape index (κ2) is 13.3. The van der Waals surface area contributed by atoms with Crippen LogP contribution < -0.4 is 4.90 Å². The Bertz CT molecular complexity index is 1170. The molecule has 9 heteroatoms. The molecule has 42 heavy (non-hydrogen) atoms. The highest BCUT2D eigenvalue weighted by Gasteiger charge is 2.80. The number of unbranched alkanes of at least 4 members (excludes halogenated alkanes) is 3. The Morgan fingerprint density at radius 1 is 1.12 bits per heavy atom. The lowest BCUT2D eigenvalue weighted by Gasteiger charge is -2.39. The average Bonchev–Trinajstić information content (AvgIpc) is 3.47. The number of hydrogen-bond donors (Lipinski definition) is 1. The van der Waals surface area contributed by atoms with E-state index in [1.165, 1.54) is 0 Å². The number of aliphatic hydroxyl groups excluding tert-OH is 1. The zero-order chi connectivity index (χ0) is 30.7. The van der Waals surface area contributed by atoms with Crippen molar-refractivity contribution >= 4 is 35.0 Å². The molecule has 1 spiro atoms. The van der Waals surface area contributed by atoms with E-state index in [1.54, 1.807) is 51.1 Å². The molecule has 6 atom stereocenters. The normalized spacial score (nSPS) is 29.5. The van der Waals surface area contributed by atoms with E-state index in [2.05, 4.69) is 20.1 Å². The SMILES string of the molecule is C=CCN(CCC)C(=O)[C@@H]1[C@H]2C(=O)N(CCCCCCO)C(C(=O)N(CC=C)c3ccc(Cl)cc3)C23CC(C)[C@@]1(C)O3. The predicted molar refractivity (Wildman–Crippen MR) is 165 cm³/mol. The van der Waals surface area contributed by atoms with Gasteiger partial charge in [-0.05, 0) is 62.8 Å². The van der Waals surface area contributed by atoms with Crippen LogP contribution in [0.3, 0.4) is 0 Å². The molecular weight excluding hydrogens is 554 g/mol. The van der Waals surface area contributed by atoms with Crippen molar-refractivity contribution in [1.82, 2.24) is 9.80 Å². The number of rotatable bonds is 15. The summed E-state index contributed by atoms with van der Waals surface area (Å²) in [5, 5.41) is 9.77. The summed E-state index contributed by atoms with van der Waals surface area (Å²) < 4.78 is 6.92. The summed E-state index contributed by atoms with van der Waals surface area (Å²) >= 11 is 6.15. The highest BCUT2D eigenvalue weighted by Crippen LogP contribution is 2.65. The lowest BCUT2D eigenvalue weighted by Crippen LogP contribution is -2.57. The molecule has 0 radical (unpaired) electrons. The summed E-state index contributed by atoms with van der Waals surface area (Å²) in [5.74, 6) is -2.02. The van der Waals surface area contributed by atoms with Gasteiger partial charge in [0.15, 0.2) is 0 Å². The summed E-state index contributed by atoms with van der Waals surface area (Å²) in [6.45, 7) is 15.4. The maximum absolute atomic E-state index is 14.7. The Hall–Kier alpha value is -2.68. The van der Waals surface area contributed by atoms with Crippen molar-refractivity contribution in [1.29, 1.82) is 0 Å². The number of nitrogens with zero attached hydrogens (tertiary/aromatic N) is 3. The number of ether oxygens (including phenoxy) is 1. The monoisotopic (exact) mass is 599 g/mol. The molecule has 0 aliphatic carbocycles. The van der Waals surface area contributed by atoms with E-state index in [0.29, 0.717) is 49.6 Å². The lowest BCUT2D eigenvalue weighted by atomic mass is 9.62. The first-order valence-corrected chi connectivity index (χ1v) is 15.7.